The Morgan fingerprint density at radius 3 is 2.56 bits per heavy atom. The van der Waals surface area contributed by atoms with E-state index in [1.807, 2.05) is 0 Å². The SMILES string of the molecule is COC(=O)C(O)c1cccc(N(C)S(C)(=O)=O)c1. The van der Waals surface area contributed by atoms with Crippen molar-refractivity contribution in [2.45, 2.75) is 6.10 Å². The number of hydrogen-bond acceptors (Lipinski definition) is 5. The fourth-order valence-electron chi connectivity index (χ4n) is 1.33. The van der Waals surface area contributed by atoms with Crippen LogP contribution in [0.25, 0.3) is 0 Å². The standard InChI is InChI=1S/C11H15NO5S/c1-12(18(3,15)16)9-6-4-5-8(7-9)10(13)11(14)17-2/h4-7,10,13H,1-3H3. The predicted molar refractivity (Wildman–Crippen MR) is 66.7 cm³/mol. The molecular weight excluding hydrogens is 258 g/mol. The molecular formula is C11H15NO5S. The molecule has 0 spiro atoms. The molecule has 0 radical (unpaired) electrons. The lowest BCUT2D eigenvalue weighted by Gasteiger charge is -2.18. The lowest BCUT2D eigenvalue weighted by Crippen LogP contribution is -2.25. The molecule has 6 nitrogen and oxygen atoms in total. The zero-order chi connectivity index (χ0) is 13.9. The molecule has 1 rings (SSSR count). The van der Waals surface area contributed by atoms with Crippen LogP contribution in [0.4, 0.5) is 5.69 Å². The zero-order valence-corrected chi connectivity index (χ0v) is 11.1. The molecule has 7 heteroatoms. The number of carbonyl (C=O) groups is 1. The lowest BCUT2D eigenvalue weighted by atomic mass is 10.1. The largest absolute Gasteiger partial charge is 0.467 e. The molecule has 100 valence electrons. The molecule has 0 fully saturated rings. The average molecular weight is 273 g/mol. The van der Waals surface area contributed by atoms with Crippen LogP contribution < -0.4 is 4.31 Å². The van der Waals surface area contributed by atoms with E-state index in [1.54, 1.807) is 12.1 Å². The number of aliphatic hydroxyl groups excluding tert-OH is 1. The Morgan fingerprint density at radius 2 is 2.06 bits per heavy atom. The summed E-state index contributed by atoms with van der Waals surface area (Å²) < 4.78 is 28.2. The van der Waals surface area contributed by atoms with Crippen molar-refractivity contribution in [1.29, 1.82) is 0 Å². The van der Waals surface area contributed by atoms with Gasteiger partial charge >= 0.3 is 5.97 Å². The van der Waals surface area contributed by atoms with E-state index in [-0.39, 0.29) is 5.56 Å². The number of hydrogen-bond donors (Lipinski definition) is 1. The van der Waals surface area contributed by atoms with E-state index in [0.29, 0.717) is 5.69 Å². The Balaban J connectivity index is 3.10. The number of benzene rings is 1. The maximum atomic E-state index is 11.4. The van der Waals surface area contributed by atoms with Crippen molar-refractivity contribution >= 4 is 21.7 Å². The van der Waals surface area contributed by atoms with Gasteiger partial charge in [0.15, 0.2) is 6.10 Å². The van der Waals surface area contributed by atoms with Gasteiger partial charge in [0.1, 0.15) is 0 Å². The van der Waals surface area contributed by atoms with Crippen molar-refractivity contribution in [3.05, 3.63) is 29.8 Å². The molecule has 1 unspecified atom stereocenters. The molecule has 0 saturated carbocycles. The van der Waals surface area contributed by atoms with Gasteiger partial charge in [0.05, 0.1) is 19.1 Å². The molecule has 0 aliphatic rings. The van der Waals surface area contributed by atoms with Gasteiger partial charge < -0.3 is 9.84 Å². The van der Waals surface area contributed by atoms with Crippen LogP contribution in [0.5, 0.6) is 0 Å². The lowest BCUT2D eigenvalue weighted by molar-refractivity contribution is -0.150. The molecule has 0 aliphatic heterocycles. The van der Waals surface area contributed by atoms with E-state index in [0.717, 1.165) is 17.7 Å². The first-order chi connectivity index (χ1) is 8.27. The van der Waals surface area contributed by atoms with E-state index in [2.05, 4.69) is 4.74 Å². The van der Waals surface area contributed by atoms with E-state index in [4.69, 9.17) is 0 Å². The van der Waals surface area contributed by atoms with E-state index in [1.165, 1.54) is 19.2 Å². The van der Waals surface area contributed by atoms with Crippen molar-refractivity contribution in [1.82, 2.24) is 0 Å². The molecule has 0 aromatic heterocycles. The summed E-state index contributed by atoms with van der Waals surface area (Å²) in [6, 6.07) is 6.05. The summed E-state index contributed by atoms with van der Waals surface area (Å²) in [7, 11) is -0.836. The monoisotopic (exact) mass is 273 g/mol. The first-order valence-electron chi connectivity index (χ1n) is 5.07. The van der Waals surface area contributed by atoms with Gasteiger partial charge in [-0.15, -0.1) is 0 Å². The minimum atomic E-state index is -3.39. The van der Waals surface area contributed by atoms with Crippen LogP contribution in [0.2, 0.25) is 0 Å². The van der Waals surface area contributed by atoms with Crippen LogP contribution in [0, 0.1) is 0 Å². The van der Waals surface area contributed by atoms with Crippen molar-refractivity contribution in [3.63, 3.8) is 0 Å². The number of ether oxygens (including phenoxy) is 1. The van der Waals surface area contributed by atoms with Crippen LogP contribution >= 0.6 is 0 Å². The molecule has 0 amide bonds. The van der Waals surface area contributed by atoms with E-state index >= 15 is 0 Å². The molecule has 1 aromatic rings. The third-order valence-corrected chi connectivity index (χ3v) is 3.68. The second-order valence-corrected chi connectivity index (χ2v) is 5.76. The second kappa shape index (κ2) is 5.36. The van der Waals surface area contributed by atoms with Crippen molar-refractivity contribution < 1.29 is 23.1 Å². The zero-order valence-electron chi connectivity index (χ0n) is 10.3. The van der Waals surface area contributed by atoms with Gasteiger partial charge in [-0.05, 0) is 17.7 Å². The quantitative estimate of drug-likeness (QED) is 0.797. The van der Waals surface area contributed by atoms with Crippen molar-refractivity contribution in [2.24, 2.45) is 0 Å². The Hall–Kier alpha value is -1.60. The van der Waals surface area contributed by atoms with Crippen LogP contribution in [0.1, 0.15) is 11.7 Å². The number of carbonyl (C=O) groups excluding carboxylic acids is 1. The third kappa shape index (κ3) is 3.21. The molecule has 0 bridgehead atoms. The normalized spacial score (nSPS) is 12.9. The number of esters is 1. The van der Waals surface area contributed by atoms with Crippen molar-refractivity contribution in [3.8, 4) is 0 Å². The molecule has 1 aromatic carbocycles. The topological polar surface area (TPSA) is 83.9 Å². The van der Waals surface area contributed by atoms with Crippen LogP contribution in [0.15, 0.2) is 24.3 Å². The van der Waals surface area contributed by atoms with Gasteiger partial charge in [0, 0.05) is 7.05 Å². The first-order valence-corrected chi connectivity index (χ1v) is 6.92. The molecule has 0 aliphatic carbocycles. The molecule has 1 N–H and O–H groups in total. The summed E-state index contributed by atoms with van der Waals surface area (Å²) in [4.78, 5) is 11.2. The van der Waals surface area contributed by atoms with E-state index < -0.39 is 22.1 Å². The number of nitrogens with zero attached hydrogens (tertiary/aromatic N) is 1. The second-order valence-electron chi connectivity index (χ2n) is 3.75. The number of aliphatic hydroxyl groups is 1. The number of anilines is 1. The Bertz CT molecular complexity index is 540. The summed E-state index contributed by atoms with van der Waals surface area (Å²) in [6.07, 6.45) is -0.362. The van der Waals surface area contributed by atoms with Gasteiger partial charge in [0.25, 0.3) is 0 Å². The third-order valence-electron chi connectivity index (χ3n) is 2.47. The van der Waals surface area contributed by atoms with Gasteiger partial charge in [0.2, 0.25) is 10.0 Å². The minimum Gasteiger partial charge on any atom is -0.467 e. The Morgan fingerprint density at radius 1 is 1.44 bits per heavy atom. The number of sulfonamides is 1. The maximum absolute atomic E-state index is 11.4. The first kappa shape index (κ1) is 14.5. The highest BCUT2D eigenvalue weighted by Crippen LogP contribution is 2.22. The number of rotatable bonds is 4. The van der Waals surface area contributed by atoms with E-state index in [9.17, 15) is 18.3 Å². The van der Waals surface area contributed by atoms with Gasteiger partial charge in [-0.1, -0.05) is 12.1 Å². The molecule has 0 heterocycles. The summed E-state index contributed by atoms with van der Waals surface area (Å²) in [6.45, 7) is 0. The number of methoxy groups -OCH3 is 1. The summed E-state index contributed by atoms with van der Waals surface area (Å²) in [5, 5.41) is 9.66. The minimum absolute atomic E-state index is 0.273. The van der Waals surface area contributed by atoms with Gasteiger partial charge in [-0.25, -0.2) is 13.2 Å². The predicted octanol–water partition coefficient (Wildman–Crippen LogP) is 0.289. The Labute approximate surface area is 106 Å². The van der Waals surface area contributed by atoms with Crippen molar-refractivity contribution in [2.75, 3.05) is 24.7 Å². The summed E-state index contributed by atoms with van der Waals surface area (Å²) >= 11 is 0. The fraction of sp³-hybridized carbons (Fsp3) is 0.364. The Kier molecular flexibility index (Phi) is 4.31. The van der Waals surface area contributed by atoms with Crippen LogP contribution in [-0.4, -0.2) is 39.9 Å². The fourth-order valence-corrected chi connectivity index (χ4v) is 1.83. The van der Waals surface area contributed by atoms with Crippen LogP contribution in [0.3, 0.4) is 0 Å². The highest BCUT2D eigenvalue weighted by Gasteiger charge is 2.19. The molecule has 18 heavy (non-hydrogen) atoms. The average Bonchev–Trinajstić information content (AvgIpc) is 2.35. The smallest absolute Gasteiger partial charge is 0.339 e. The van der Waals surface area contributed by atoms with Crippen LogP contribution in [-0.2, 0) is 19.6 Å². The van der Waals surface area contributed by atoms with Gasteiger partial charge in [-0.3, -0.25) is 4.31 Å². The molecule has 1 atom stereocenters. The maximum Gasteiger partial charge on any atom is 0.339 e. The highest BCUT2D eigenvalue weighted by molar-refractivity contribution is 7.92. The highest BCUT2D eigenvalue weighted by atomic mass is 32.2. The summed E-state index contributed by atoms with van der Waals surface area (Å²) in [5.74, 6) is -0.797. The summed E-state index contributed by atoms with van der Waals surface area (Å²) in [5.41, 5.74) is 0.632. The molecule has 0 saturated heterocycles. The van der Waals surface area contributed by atoms with Gasteiger partial charge in [-0.2, -0.15) is 0 Å².